The lowest BCUT2D eigenvalue weighted by atomic mass is 10.2. The summed E-state index contributed by atoms with van der Waals surface area (Å²) < 4.78 is 5.32. The fourth-order valence-electron chi connectivity index (χ4n) is 1.44. The number of rotatable bonds is 7. The normalized spacial score (nSPS) is 15.0. The maximum absolute atomic E-state index is 5.32. The second kappa shape index (κ2) is 6.91. The van der Waals surface area contributed by atoms with Gasteiger partial charge >= 0.3 is 0 Å². The third-order valence-corrected chi connectivity index (χ3v) is 3.22. The van der Waals surface area contributed by atoms with Gasteiger partial charge in [-0.15, -0.1) is 10.2 Å². The smallest absolute Gasteiger partial charge is 0.276 e. The first-order valence-corrected chi connectivity index (χ1v) is 6.70. The molecule has 0 aromatic carbocycles. The molecule has 0 aliphatic heterocycles. The fourth-order valence-corrected chi connectivity index (χ4v) is 2.22. The Hall–Kier alpha value is -0.550. The molecule has 1 heterocycles. The standard InChI is InChI=1S/C11H21N3OS/c1-5-6-8(2)12-7-9(3)16-11-14-13-10(4)15-11/h8-9,12H,5-7H2,1-4H3. The predicted molar refractivity (Wildman–Crippen MR) is 66.7 cm³/mol. The molecule has 0 radical (unpaired) electrons. The molecule has 0 saturated carbocycles. The van der Waals surface area contributed by atoms with Crippen LogP contribution in [-0.2, 0) is 0 Å². The molecule has 1 aromatic heterocycles. The number of aryl methyl sites for hydroxylation is 1. The number of nitrogens with zero attached hydrogens (tertiary/aromatic N) is 2. The van der Waals surface area contributed by atoms with E-state index in [4.69, 9.17) is 4.42 Å². The molecular formula is C11H21N3OS. The first kappa shape index (κ1) is 13.5. The van der Waals surface area contributed by atoms with Crippen molar-refractivity contribution in [2.45, 2.75) is 57.1 Å². The van der Waals surface area contributed by atoms with E-state index in [-0.39, 0.29) is 0 Å². The van der Waals surface area contributed by atoms with Crippen molar-refractivity contribution in [3.63, 3.8) is 0 Å². The molecular weight excluding hydrogens is 222 g/mol. The highest BCUT2D eigenvalue weighted by Crippen LogP contribution is 2.20. The molecule has 1 N–H and O–H groups in total. The van der Waals surface area contributed by atoms with E-state index in [9.17, 15) is 0 Å². The summed E-state index contributed by atoms with van der Waals surface area (Å²) in [7, 11) is 0. The summed E-state index contributed by atoms with van der Waals surface area (Å²) in [6.45, 7) is 9.36. The minimum Gasteiger partial charge on any atom is -0.416 e. The fraction of sp³-hybridized carbons (Fsp3) is 0.818. The highest BCUT2D eigenvalue weighted by Gasteiger charge is 2.10. The van der Waals surface area contributed by atoms with Crippen LogP contribution in [0.5, 0.6) is 0 Å². The quantitative estimate of drug-likeness (QED) is 0.746. The van der Waals surface area contributed by atoms with Gasteiger partial charge in [-0.1, -0.05) is 32.0 Å². The van der Waals surface area contributed by atoms with Crippen LogP contribution in [0.3, 0.4) is 0 Å². The van der Waals surface area contributed by atoms with E-state index in [1.807, 2.05) is 6.92 Å². The highest BCUT2D eigenvalue weighted by atomic mass is 32.2. The largest absolute Gasteiger partial charge is 0.416 e. The Kier molecular flexibility index (Phi) is 5.84. The summed E-state index contributed by atoms with van der Waals surface area (Å²) >= 11 is 1.62. The van der Waals surface area contributed by atoms with Crippen LogP contribution in [0.15, 0.2) is 9.64 Å². The lowest BCUT2D eigenvalue weighted by Crippen LogP contribution is -2.31. The lowest BCUT2D eigenvalue weighted by molar-refractivity contribution is 0.427. The Morgan fingerprint density at radius 2 is 2.12 bits per heavy atom. The van der Waals surface area contributed by atoms with Gasteiger partial charge < -0.3 is 9.73 Å². The van der Waals surface area contributed by atoms with Crippen LogP contribution in [-0.4, -0.2) is 28.0 Å². The summed E-state index contributed by atoms with van der Waals surface area (Å²) in [5, 5.41) is 12.4. The van der Waals surface area contributed by atoms with E-state index in [1.54, 1.807) is 11.8 Å². The zero-order valence-corrected chi connectivity index (χ0v) is 11.3. The van der Waals surface area contributed by atoms with Crippen molar-refractivity contribution in [3.05, 3.63) is 5.89 Å². The summed E-state index contributed by atoms with van der Waals surface area (Å²) in [5.41, 5.74) is 0. The summed E-state index contributed by atoms with van der Waals surface area (Å²) in [6.07, 6.45) is 2.44. The highest BCUT2D eigenvalue weighted by molar-refractivity contribution is 7.99. The topological polar surface area (TPSA) is 51.0 Å². The number of hydrogen-bond acceptors (Lipinski definition) is 5. The van der Waals surface area contributed by atoms with Crippen LogP contribution in [0.4, 0.5) is 0 Å². The van der Waals surface area contributed by atoms with E-state index in [1.165, 1.54) is 12.8 Å². The molecule has 16 heavy (non-hydrogen) atoms. The van der Waals surface area contributed by atoms with Gasteiger partial charge in [-0.2, -0.15) is 0 Å². The molecule has 0 amide bonds. The second-order valence-corrected chi connectivity index (χ2v) is 5.50. The Balaban J connectivity index is 2.23. The third kappa shape index (κ3) is 4.99. The van der Waals surface area contributed by atoms with E-state index < -0.39 is 0 Å². The van der Waals surface area contributed by atoms with Gasteiger partial charge in [0.15, 0.2) is 0 Å². The lowest BCUT2D eigenvalue weighted by Gasteiger charge is -2.15. The van der Waals surface area contributed by atoms with Crippen molar-refractivity contribution in [2.75, 3.05) is 6.54 Å². The van der Waals surface area contributed by atoms with E-state index in [0.29, 0.717) is 22.4 Å². The Bertz CT molecular complexity index is 303. The average molecular weight is 243 g/mol. The number of hydrogen-bond donors (Lipinski definition) is 1. The predicted octanol–water partition coefficient (Wildman–Crippen LogP) is 2.64. The average Bonchev–Trinajstić information content (AvgIpc) is 2.61. The summed E-state index contributed by atoms with van der Waals surface area (Å²) in [4.78, 5) is 0. The third-order valence-electron chi connectivity index (χ3n) is 2.28. The van der Waals surface area contributed by atoms with Gasteiger partial charge in [-0.3, -0.25) is 0 Å². The molecule has 5 heteroatoms. The number of aromatic nitrogens is 2. The van der Waals surface area contributed by atoms with Crippen LogP contribution in [0, 0.1) is 6.92 Å². The molecule has 2 atom stereocenters. The Morgan fingerprint density at radius 3 is 2.69 bits per heavy atom. The van der Waals surface area contributed by atoms with Crippen LogP contribution in [0.25, 0.3) is 0 Å². The van der Waals surface area contributed by atoms with Crippen molar-refractivity contribution in [2.24, 2.45) is 0 Å². The van der Waals surface area contributed by atoms with E-state index in [0.717, 1.165) is 6.54 Å². The molecule has 0 aliphatic carbocycles. The molecule has 0 fully saturated rings. The van der Waals surface area contributed by atoms with Crippen LogP contribution in [0.1, 0.15) is 39.5 Å². The minimum absolute atomic E-state index is 0.444. The molecule has 1 aromatic rings. The van der Waals surface area contributed by atoms with E-state index in [2.05, 4.69) is 36.3 Å². The zero-order valence-electron chi connectivity index (χ0n) is 10.5. The van der Waals surface area contributed by atoms with Crippen molar-refractivity contribution >= 4 is 11.8 Å². The molecule has 0 bridgehead atoms. The molecule has 2 unspecified atom stereocenters. The van der Waals surface area contributed by atoms with Crippen molar-refractivity contribution in [1.29, 1.82) is 0 Å². The van der Waals surface area contributed by atoms with Crippen molar-refractivity contribution in [3.8, 4) is 0 Å². The molecule has 0 aliphatic rings. The second-order valence-electron chi connectivity index (χ2n) is 4.11. The first-order valence-electron chi connectivity index (χ1n) is 5.82. The summed E-state index contributed by atoms with van der Waals surface area (Å²) in [6, 6.07) is 0.581. The Morgan fingerprint density at radius 1 is 1.38 bits per heavy atom. The van der Waals surface area contributed by atoms with Gasteiger partial charge in [0, 0.05) is 24.8 Å². The SMILES string of the molecule is CCCC(C)NCC(C)Sc1nnc(C)o1. The van der Waals surface area contributed by atoms with Gasteiger partial charge in [-0.05, 0) is 13.3 Å². The van der Waals surface area contributed by atoms with Gasteiger partial charge in [0.2, 0.25) is 5.89 Å². The molecule has 1 rings (SSSR count). The summed E-state index contributed by atoms with van der Waals surface area (Å²) in [5.74, 6) is 0.627. The van der Waals surface area contributed by atoms with Crippen LogP contribution >= 0.6 is 11.8 Å². The number of thioether (sulfide) groups is 1. The zero-order chi connectivity index (χ0) is 12.0. The van der Waals surface area contributed by atoms with Gasteiger partial charge in [0.05, 0.1) is 0 Å². The number of nitrogens with one attached hydrogen (secondary N) is 1. The Labute approximate surface area is 102 Å². The van der Waals surface area contributed by atoms with Crippen molar-refractivity contribution in [1.82, 2.24) is 15.5 Å². The first-order chi connectivity index (χ1) is 7.61. The van der Waals surface area contributed by atoms with Gasteiger partial charge in [0.1, 0.15) is 0 Å². The minimum atomic E-state index is 0.444. The van der Waals surface area contributed by atoms with Gasteiger partial charge in [0.25, 0.3) is 5.22 Å². The molecule has 0 spiro atoms. The van der Waals surface area contributed by atoms with Crippen LogP contribution in [0.2, 0.25) is 0 Å². The van der Waals surface area contributed by atoms with Crippen molar-refractivity contribution < 1.29 is 4.42 Å². The molecule has 4 nitrogen and oxygen atoms in total. The molecule has 0 saturated heterocycles. The maximum atomic E-state index is 5.32. The van der Waals surface area contributed by atoms with Crippen LogP contribution < -0.4 is 5.32 Å². The maximum Gasteiger partial charge on any atom is 0.276 e. The monoisotopic (exact) mass is 243 g/mol. The molecule has 92 valence electrons. The van der Waals surface area contributed by atoms with Gasteiger partial charge in [-0.25, -0.2) is 0 Å². The van der Waals surface area contributed by atoms with E-state index >= 15 is 0 Å².